The van der Waals surface area contributed by atoms with Gasteiger partial charge in [-0.05, 0) is 34.3 Å². The molecular formula is C20H32S. The van der Waals surface area contributed by atoms with Crippen molar-refractivity contribution in [1.29, 1.82) is 0 Å². The summed E-state index contributed by atoms with van der Waals surface area (Å²) < 4.78 is 0.268. The van der Waals surface area contributed by atoms with Crippen molar-refractivity contribution < 1.29 is 0 Å². The lowest BCUT2D eigenvalue weighted by atomic mass is 9.57. The predicted octanol–water partition coefficient (Wildman–Crippen LogP) is 6.75. The smallest absolute Gasteiger partial charge is 0.0190 e. The molecular weight excluding hydrogens is 272 g/mol. The van der Waals surface area contributed by atoms with Gasteiger partial charge in [0.05, 0.1) is 0 Å². The molecule has 0 saturated heterocycles. The van der Waals surface area contributed by atoms with Gasteiger partial charge in [0, 0.05) is 9.64 Å². The van der Waals surface area contributed by atoms with Gasteiger partial charge in [0.15, 0.2) is 0 Å². The zero-order valence-corrected chi connectivity index (χ0v) is 15.9. The highest BCUT2D eigenvalue weighted by Gasteiger charge is 2.52. The van der Waals surface area contributed by atoms with Crippen LogP contribution in [0.15, 0.2) is 29.2 Å². The summed E-state index contributed by atoms with van der Waals surface area (Å²) in [6, 6.07) is 9.10. The molecule has 0 aliphatic carbocycles. The van der Waals surface area contributed by atoms with E-state index in [0.717, 1.165) is 0 Å². The quantitative estimate of drug-likeness (QED) is 0.582. The van der Waals surface area contributed by atoms with Crippen LogP contribution >= 0.6 is 11.8 Å². The standard InChI is InChI=1S/C20H32S/c1-9-19(5,6)16-14-12-10-11-13-15(14)21-20(7,8)17(16)18(2,3)4/h10-13,16-17H,9H2,1-8H3. The summed E-state index contributed by atoms with van der Waals surface area (Å²) in [4.78, 5) is 1.49. The fraction of sp³-hybridized carbons (Fsp3) is 0.700. The minimum Gasteiger partial charge on any atom is -0.119 e. The van der Waals surface area contributed by atoms with E-state index in [2.05, 4.69) is 91.4 Å². The van der Waals surface area contributed by atoms with Crippen molar-refractivity contribution in [3.63, 3.8) is 0 Å². The van der Waals surface area contributed by atoms with E-state index < -0.39 is 0 Å². The first-order valence-electron chi connectivity index (χ1n) is 8.28. The van der Waals surface area contributed by atoms with E-state index in [-0.39, 0.29) is 4.75 Å². The Morgan fingerprint density at radius 1 is 1.05 bits per heavy atom. The maximum atomic E-state index is 2.46. The van der Waals surface area contributed by atoms with Crippen molar-refractivity contribution in [3.05, 3.63) is 29.8 Å². The Morgan fingerprint density at radius 3 is 2.14 bits per heavy atom. The third-order valence-corrected chi connectivity index (χ3v) is 6.77. The summed E-state index contributed by atoms with van der Waals surface area (Å²) in [6.07, 6.45) is 1.22. The lowest BCUT2D eigenvalue weighted by Gasteiger charge is -2.55. The minimum absolute atomic E-state index is 0.268. The summed E-state index contributed by atoms with van der Waals surface area (Å²) in [7, 11) is 0. The number of thioether (sulfide) groups is 1. The largest absolute Gasteiger partial charge is 0.119 e. The number of fused-ring (bicyclic) bond motifs is 1. The molecule has 0 nitrogen and oxygen atoms in total. The zero-order chi connectivity index (χ0) is 16.1. The van der Waals surface area contributed by atoms with E-state index in [9.17, 15) is 0 Å². The van der Waals surface area contributed by atoms with Crippen molar-refractivity contribution in [2.75, 3.05) is 0 Å². The van der Waals surface area contributed by atoms with Gasteiger partial charge in [-0.15, -0.1) is 11.8 Å². The van der Waals surface area contributed by atoms with Crippen LogP contribution in [0, 0.1) is 16.7 Å². The number of hydrogen-bond donors (Lipinski definition) is 0. The minimum atomic E-state index is 0.268. The molecule has 0 fully saturated rings. The van der Waals surface area contributed by atoms with Gasteiger partial charge >= 0.3 is 0 Å². The molecule has 1 heterocycles. The van der Waals surface area contributed by atoms with E-state index in [1.54, 1.807) is 5.56 Å². The number of hydrogen-bond acceptors (Lipinski definition) is 1. The van der Waals surface area contributed by atoms with Crippen molar-refractivity contribution >= 4 is 11.8 Å². The van der Waals surface area contributed by atoms with E-state index in [1.165, 1.54) is 11.3 Å². The Bertz CT molecular complexity index is 505. The van der Waals surface area contributed by atoms with Crippen molar-refractivity contribution in [2.24, 2.45) is 16.7 Å². The van der Waals surface area contributed by atoms with Crippen LogP contribution in [0.25, 0.3) is 0 Å². The molecule has 1 aromatic rings. The van der Waals surface area contributed by atoms with Crippen LogP contribution in [0.1, 0.15) is 73.3 Å². The molecule has 0 saturated carbocycles. The molecule has 1 aliphatic rings. The summed E-state index contributed by atoms with van der Waals surface area (Å²) >= 11 is 2.08. The van der Waals surface area contributed by atoms with Gasteiger partial charge < -0.3 is 0 Å². The van der Waals surface area contributed by atoms with Gasteiger partial charge in [-0.25, -0.2) is 0 Å². The van der Waals surface area contributed by atoms with Crippen LogP contribution in [-0.4, -0.2) is 4.75 Å². The van der Waals surface area contributed by atoms with Crippen molar-refractivity contribution in [2.45, 2.75) is 77.4 Å². The second-order valence-electron chi connectivity index (χ2n) is 8.91. The molecule has 1 aliphatic heterocycles. The summed E-state index contributed by atoms with van der Waals surface area (Å²) in [5, 5.41) is 0. The highest BCUT2D eigenvalue weighted by atomic mass is 32.2. The van der Waals surface area contributed by atoms with Gasteiger partial charge in [0.25, 0.3) is 0 Å². The molecule has 0 bridgehead atoms. The summed E-state index contributed by atoms with van der Waals surface area (Å²) in [5.74, 6) is 1.29. The van der Waals surface area contributed by atoms with E-state index in [4.69, 9.17) is 0 Å². The summed E-state index contributed by atoms with van der Waals surface area (Å²) in [5.41, 5.74) is 2.21. The second-order valence-corrected chi connectivity index (χ2v) is 10.6. The predicted molar refractivity (Wildman–Crippen MR) is 96.1 cm³/mol. The van der Waals surface area contributed by atoms with Crippen molar-refractivity contribution in [3.8, 4) is 0 Å². The van der Waals surface area contributed by atoms with Crippen molar-refractivity contribution in [1.82, 2.24) is 0 Å². The summed E-state index contributed by atoms with van der Waals surface area (Å²) in [6.45, 7) is 19.4. The third kappa shape index (κ3) is 3.04. The molecule has 21 heavy (non-hydrogen) atoms. The molecule has 0 spiro atoms. The first-order valence-corrected chi connectivity index (χ1v) is 9.10. The van der Waals surface area contributed by atoms with E-state index >= 15 is 0 Å². The molecule has 1 heteroatoms. The van der Waals surface area contributed by atoms with E-state index in [1.807, 2.05) is 0 Å². The lowest BCUT2D eigenvalue weighted by Crippen LogP contribution is -2.48. The Balaban J connectivity index is 2.68. The van der Waals surface area contributed by atoms with Gasteiger partial charge in [-0.1, -0.05) is 80.0 Å². The van der Waals surface area contributed by atoms with E-state index in [0.29, 0.717) is 22.7 Å². The topological polar surface area (TPSA) is 0 Å². The van der Waals surface area contributed by atoms with Gasteiger partial charge in [0.2, 0.25) is 0 Å². The number of rotatable bonds is 2. The molecule has 118 valence electrons. The van der Waals surface area contributed by atoms with Crippen LogP contribution in [0.3, 0.4) is 0 Å². The molecule has 2 rings (SSSR count). The monoisotopic (exact) mass is 304 g/mol. The first kappa shape index (κ1) is 16.9. The maximum Gasteiger partial charge on any atom is 0.0190 e. The third-order valence-electron chi connectivity index (χ3n) is 5.40. The molecule has 2 atom stereocenters. The van der Waals surface area contributed by atoms with Gasteiger partial charge in [0.1, 0.15) is 0 Å². The Kier molecular flexibility index (Phi) is 4.30. The Labute approximate surface area is 136 Å². The van der Waals surface area contributed by atoms with Crippen LogP contribution in [0.2, 0.25) is 0 Å². The normalized spacial score (nSPS) is 25.5. The molecule has 0 aromatic heterocycles. The number of benzene rings is 1. The highest BCUT2D eigenvalue weighted by Crippen LogP contribution is 2.62. The lowest BCUT2D eigenvalue weighted by molar-refractivity contribution is 0.0822. The average molecular weight is 305 g/mol. The SMILES string of the molecule is CCC(C)(C)C1c2ccccc2SC(C)(C)C1C(C)(C)C. The molecule has 0 amide bonds. The van der Waals surface area contributed by atoms with Gasteiger partial charge in [-0.2, -0.15) is 0 Å². The van der Waals surface area contributed by atoms with Crippen LogP contribution in [-0.2, 0) is 0 Å². The first-order chi connectivity index (χ1) is 9.50. The zero-order valence-electron chi connectivity index (χ0n) is 15.1. The Hall–Kier alpha value is -0.430. The fourth-order valence-corrected chi connectivity index (χ4v) is 6.04. The van der Waals surface area contributed by atoms with Crippen LogP contribution in [0.5, 0.6) is 0 Å². The Morgan fingerprint density at radius 2 is 1.62 bits per heavy atom. The van der Waals surface area contributed by atoms with Gasteiger partial charge in [-0.3, -0.25) is 0 Å². The highest BCUT2D eigenvalue weighted by molar-refractivity contribution is 8.00. The van der Waals surface area contributed by atoms with Crippen LogP contribution < -0.4 is 0 Å². The fourth-order valence-electron chi connectivity index (χ4n) is 4.39. The molecule has 0 radical (unpaired) electrons. The second kappa shape index (κ2) is 5.33. The molecule has 2 unspecified atom stereocenters. The molecule has 0 N–H and O–H groups in total. The molecule has 1 aromatic carbocycles. The maximum absolute atomic E-state index is 2.46. The van der Waals surface area contributed by atoms with Crippen LogP contribution in [0.4, 0.5) is 0 Å². The average Bonchev–Trinajstić information content (AvgIpc) is 2.34.